The molecular weight excluding hydrogens is 350 g/mol. The van der Waals surface area contributed by atoms with E-state index in [1.54, 1.807) is 24.9 Å². The maximum Gasteiger partial charge on any atom is 0.212 e. The number of rotatable bonds is 3. The highest BCUT2D eigenvalue weighted by Gasteiger charge is 2.26. The fourth-order valence-corrected chi connectivity index (χ4v) is 3.09. The minimum Gasteiger partial charge on any atom is -0.382 e. The van der Waals surface area contributed by atoms with Crippen LogP contribution in [-0.2, 0) is 12.5 Å². The van der Waals surface area contributed by atoms with E-state index >= 15 is 0 Å². The summed E-state index contributed by atoms with van der Waals surface area (Å²) in [5.41, 5.74) is 8.05. The average Bonchev–Trinajstić information content (AvgIpc) is 3.25. The summed E-state index contributed by atoms with van der Waals surface area (Å²) < 4.78 is 3.09. The predicted octanol–water partition coefficient (Wildman–Crippen LogP) is 3.54. The number of azo groups is 1. The summed E-state index contributed by atoms with van der Waals surface area (Å²) in [5, 5.41) is 29.4. The largest absolute Gasteiger partial charge is 0.382 e. The van der Waals surface area contributed by atoms with Crippen molar-refractivity contribution in [3.63, 3.8) is 0 Å². The molecule has 0 aliphatic rings. The third-order valence-electron chi connectivity index (χ3n) is 3.75. The van der Waals surface area contributed by atoms with Gasteiger partial charge < -0.3 is 5.73 Å². The number of hydrogen-bond donors (Lipinski definition) is 1. The van der Waals surface area contributed by atoms with E-state index in [0.717, 1.165) is 0 Å². The maximum atomic E-state index is 9.56. The van der Waals surface area contributed by atoms with Crippen LogP contribution in [-0.4, -0.2) is 24.5 Å². The van der Waals surface area contributed by atoms with Crippen LogP contribution < -0.4 is 5.73 Å². The van der Waals surface area contributed by atoms with Gasteiger partial charge in [-0.3, -0.25) is 0 Å². The van der Waals surface area contributed by atoms with Crippen molar-refractivity contribution in [2.75, 3.05) is 5.73 Å². The van der Waals surface area contributed by atoms with Gasteiger partial charge in [-0.15, -0.1) is 21.6 Å². The molecule has 134 valence electrons. The van der Waals surface area contributed by atoms with Crippen molar-refractivity contribution in [2.45, 2.75) is 33.1 Å². The third kappa shape index (κ3) is 2.97. The molecule has 3 rings (SSSR count). The lowest BCUT2D eigenvalue weighted by atomic mass is 9.90. The molecule has 0 atom stereocenters. The molecule has 0 amide bonds. The molecule has 0 radical (unpaired) electrons. The average molecular weight is 369 g/mol. The van der Waals surface area contributed by atoms with E-state index in [9.17, 15) is 5.26 Å². The standard InChI is InChI=1S/C16H19N9S/c1-9-11(13(18)25(22-9)15-19-6-7-26-15)20-21-14-10(8-17)12(16(2,3)4)23-24(14)5/h6-7H,18H2,1-5H3. The molecule has 2 N–H and O–H groups in total. The van der Waals surface area contributed by atoms with Gasteiger partial charge in [0.05, 0.1) is 11.4 Å². The number of aryl methyl sites for hydroxylation is 2. The van der Waals surface area contributed by atoms with E-state index < -0.39 is 0 Å². The first-order valence-electron chi connectivity index (χ1n) is 7.88. The summed E-state index contributed by atoms with van der Waals surface area (Å²) in [7, 11) is 1.74. The van der Waals surface area contributed by atoms with Gasteiger partial charge in [0, 0.05) is 24.0 Å². The molecule has 0 spiro atoms. The first-order valence-corrected chi connectivity index (χ1v) is 8.76. The molecule has 3 aromatic heterocycles. The molecule has 0 saturated heterocycles. The van der Waals surface area contributed by atoms with Gasteiger partial charge in [-0.05, 0) is 6.92 Å². The monoisotopic (exact) mass is 369 g/mol. The Labute approximate surface area is 154 Å². The van der Waals surface area contributed by atoms with Crippen LogP contribution in [0.1, 0.15) is 37.7 Å². The van der Waals surface area contributed by atoms with Crippen LogP contribution in [0.15, 0.2) is 21.8 Å². The molecule has 0 saturated carbocycles. The number of thiazole rings is 1. The van der Waals surface area contributed by atoms with Gasteiger partial charge in [0.15, 0.2) is 17.3 Å². The third-order valence-corrected chi connectivity index (χ3v) is 4.49. The van der Waals surface area contributed by atoms with E-state index in [2.05, 4.69) is 31.5 Å². The van der Waals surface area contributed by atoms with Crippen LogP contribution in [0.25, 0.3) is 5.13 Å². The van der Waals surface area contributed by atoms with Crippen LogP contribution in [0.5, 0.6) is 0 Å². The number of nitrogen functional groups attached to an aromatic ring is 1. The summed E-state index contributed by atoms with van der Waals surface area (Å²) in [6, 6.07) is 2.19. The lowest BCUT2D eigenvalue weighted by Crippen LogP contribution is -2.14. The Kier molecular flexibility index (Phi) is 4.33. The molecule has 0 fully saturated rings. The van der Waals surface area contributed by atoms with Crippen molar-refractivity contribution in [1.29, 1.82) is 5.26 Å². The summed E-state index contributed by atoms with van der Waals surface area (Å²) in [6.07, 6.45) is 1.68. The van der Waals surface area contributed by atoms with Gasteiger partial charge in [-0.1, -0.05) is 20.8 Å². The minimum absolute atomic E-state index is 0.277. The number of hydrogen-bond acceptors (Lipinski definition) is 8. The number of anilines is 1. The second-order valence-corrected chi connectivity index (χ2v) is 7.65. The van der Waals surface area contributed by atoms with Gasteiger partial charge in [0.2, 0.25) is 5.13 Å². The van der Waals surface area contributed by atoms with Crippen LogP contribution in [0, 0.1) is 18.3 Å². The second kappa shape index (κ2) is 6.34. The molecule has 0 bridgehead atoms. The number of nitrogens with two attached hydrogens (primary N) is 1. The molecule has 0 aliphatic carbocycles. The fraction of sp³-hybridized carbons (Fsp3) is 0.375. The highest BCUT2D eigenvalue weighted by Crippen LogP contribution is 2.34. The molecule has 0 aliphatic heterocycles. The van der Waals surface area contributed by atoms with Crippen molar-refractivity contribution in [3.8, 4) is 11.2 Å². The molecular formula is C16H19N9S. The first kappa shape index (κ1) is 17.8. The Morgan fingerprint density at radius 2 is 2.00 bits per heavy atom. The van der Waals surface area contributed by atoms with Gasteiger partial charge >= 0.3 is 0 Å². The second-order valence-electron chi connectivity index (χ2n) is 6.78. The van der Waals surface area contributed by atoms with Crippen LogP contribution >= 0.6 is 11.3 Å². The summed E-state index contributed by atoms with van der Waals surface area (Å²) >= 11 is 1.42. The lowest BCUT2D eigenvalue weighted by molar-refractivity contribution is 0.552. The fourth-order valence-electron chi connectivity index (χ4n) is 2.48. The van der Waals surface area contributed by atoms with Crippen molar-refractivity contribution >= 4 is 28.7 Å². The van der Waals surface area contributed by atoms with Crippen molar-refractivity contribution < 1.29 is 0 Å². The zero-order valence-electron chi connectivity index (χ0n) is 15.2. The van der Waals surface area contributed by atoms with E-state index in [4.69, 9.17) is 5.73 Å². The van der Waals surface area contributed by atoms with Gasteiger partial charge in [-0.25, -0.2) is 9.67 Å². The zero-order valence-corrected chi connectivity index (χ0v) is 16.0. The van der Waals surface area contributed by atoms with Crippen molar-refractivity contribution in [1.82, 2.24) is 24.5 Å². The maximum absolute atomic E-state index is 9.56. The number of nitrogens with zero attached hydrogens (tertiary/aromatic N) is 8. The minimum atomic E-state index is -0.277. The quantitative estimate of drug-likeness (QED) is 0.707. The van der Waals surface area contributed by atoms with E-state index in [0.29, 0.717) is 39.4 Å². The van der Waals surface area contributed by atoms with Gasteiger partial charge in [-0.2, -0.15) is 20.1 Å². The molecule has 3 aromatic rings. The smallest absolute Gasteiger partial charge is 0.212 e. The van der Waals surface area contributed by atoms with Crippen molar-refractivity contribution in [2.24, 2.45) is 17.3 Å². The van der Waals surface area contributed by atoms with Crippen LogP contribution in [0.2, 0.25) is 0 Å². The Bertz CT molecular complexity index is 1010. The first-order chi connectivity index (χ1) is 12.2. The molecule has 9 nitrogen and oxygen atoms in total. The lowest BCUT2D eigenvalue weighted by Gasteiger charge is -2.14. The van der Waals surface area contributed by atoms with Gasteiger partial charge in [0.1, 0.15) is 11.6 Å². The number of aromatic nitrogens is 5. The summed E-state index contributed by atoms with van der Waals surface area (Å²) in [5.74, 6) is 0.733. The Balaban J connectivity index is 2.05. The Hall–Kier alpha value is -3.06. The Morgan fingerprint density at radius 3 is 2.58 bits per heavy atom. The molecule has 0 aromatic carbocycles. The topological polar surface area (TPSA) is 123 Å². The summed E-state index contributed by atoms with van der Waals surface area (Å²) in [6.45, 7) is 7.79. The number of nitriles is 1. The normalized spacial score (nSPS) is 12.0. The van der Waals surface area contributed by atoms with Crippen LogP contribution in [0.4, 0.5) is 17.3 Å². The van der Waals surface area contributed by atoms with E-state index in [1.165, 1.54) is 16.0 Å². The predicted molar refractivity (Wildman–Crippen MR) is 99.2 cm³/mol. The highest BCUT2D eigenvalue weighted by atomic mass is 32.1. The SMILES string of the molecule is Cc1nn(-c2nccs2)c(N)c1N=Nc1c(C#N)c(C(C)(C)C)nn1C. The Morgan fingerprint density at radius 1 is 1.27 bits per heavy atom. The van der Waals surface area contributed by atoms with E-state index in [1.807, 2.05) is 26.2 Å². The molecule has 0 unspecified atom stereocenters. The van der Waals surface area contributed by atoms with Crippen LogP contribution in [0.3, 0.4) is 0 Å². The van der Waals surface area contributed by atoms with E-state index in [-0.39, 0.29) is 5.41 Å². The summed E-state index contributed by atoms with van der Waals surface area (Å²) in [4.78, 5) is 4.20. The molecule has 26 heavy (non-hydrogen) atoms. The molecule has 10 heteroatoms. The molecule has 3 heterocycles. The van der Waals surface area contributed by atoms with Crippen molar-refractivity contribution in [3.05, 3.63) is 28.5 Å². The zero-order chi connectivity index (χ0) is 19.1. The van der Waals surface area contributed by atoms with Gasteiger partial charge in [0.25, 0.3) is 0 Å². The highest BCUT2D eigenvalue weighted by molar-refractivity contribution is 7.12.